The fourth-order valence-electron chi connectivity index (χ4n) is 1.82. The van der Waals surface area contributed by atoms with E-state index in [2.05, 4.69) is 9.97 Å². The van der Waals surface area contributed by atoms with Crippen molar-refractivity contribution in [3.05, 3.63) is 35.2 Å². The lowest BCUT2D eigenvalue weighted by atomic mass is 10.1. The Labute approximate surface area is 109 Å². The van der Waals surface area contributed by atoms with Crippen LogP contribution in [0.25, 0.3) is 11.4 Å². The maximum absolute atomic E-state index is 11.0. The first-order chi connectivity index (χ1) is 8.90. The number of hydrogen-bond acceptors (Lipinski definition) is 5. The molecule has 0 aliphatic rings. The van der Waals surface area contributed by atoms with Crippen molar-refractivity contribution in [3.63, 3.8) is 0 Å². The second-order valence-corrected chi connectivity index (χ2v) is 4.10. The third kappa shape index (κ3) is 2.33. The number of hydrogen-bond donors (Lipinski definition) is 3. The van der Waals surface area contributed by atoms with E-state index in [1.165, 1.54) is 12.1 Å². The van der Waals surface area contributed by atoms with Gasteiger partial charge in [-0.25, -0.2) is 14.8 Å². The highest BCUT2D eigenvalue weighted by Gasteiger charge is 2.16. The second-order valence-electron chi connectivity index (χ2n) is 4.10. The van der Waals surface area contributed by atoms with E-state index in [4.69, 9.17) is 5.11 Å². The number of aromatic nitrogens is 2. The highest BCUT2D eigenvalue weighted by Crippen LogP contribution is 2.29. The Morgan fingerprint density at radius 1 is 1.05 bits per heavy atom. The first-order valence-electron chi connectivity index (χ1n) is 5.51. The average Bonchev–Trinajstić information content (AvgIpc) is 2.31. The quantitative estimate of drug-likeness (QED) is 0.712. The lowest BCUT2D eigenvalue weighted by Crippen LogP contribution is -2.08. The minimum atomic E-state index is -1.07. The normalized spacial score (nSPS) is 10.4. The van der Waals surface area contributed by atoms with Crippen LogP contribution in [0.5, 0.6) is 11.5 Å². The molecule has 0 saturated carbocycles. The Bertz CT molecular complexity index is 645. The number of carbonyl (C=O) groups is 1. The Morgan fingerprint density at radius 3 is 2.11 bits per heavy atom. The van der Waals surface area contributed by atoms with Crippen LogP contribution in [0.4, 0.5) is 0 Å². The summed E-state index contributed by atoms with van der Waals surface area (Å²) in [5.74, 6) is -1.29. The standard InChI is InChI=1S/C13H12N2O4/c1-6-11(13(18)19)7(2)15-12(14-6)8-3-4-9(16)10(17)5-8/h3-5,16-17H,1-2H3,(H,18,19). The van der Waals surface area contributed by atoms with Crippen LogP contribution in [0.15, 0.2) is 18.2 Å². The molecule has 6 nitrogen and oxygen atoms in total. The van der Waals surface area contributed by atoms with Gasteiger partial charge in [-0.1, -0.05) is 0 Å². The molecule has 19 heavy (non-hydrogen) atoms. The van der Waals surface area contributed by atoms with Gasteiger partial charge >= 0.3 is 5.97 Å². The van der Waals surface area contributed by atoms with Gasteiger partial charge in [-0.15, -0.1) is 0 Å². The number of carboxylic acids is 1. The van der Waals surface area contributed by atoms with Crippen molar-refractivity contribution in [1.29, 1.82) is 0 Å². The molecule has 1 heterocycles. The van der Waals surface area contributed by atoms with Gasteiger partial charge in [-0.05, 0) is 32.0 Å². The molecule has 98 valence electrons. The van der Waals surface area contributed by atoms with Crippen molar-refractivity contribution in [2.24, 2.45) is 0 Å². The summed E-state index contributed by atoms with van der Waals surface area (Å²) < 4.78 is 0. The summed E-state index contributed by atoms with van der Waals surface area (Å²) in [7, 11) is 0. The molecule has 6 heteroatoms. The zero-order chi connectivity index (χ0) is 14.2. The molecule has 1 aromatic heterocycles. The van der Waals surface area contributed by atoms with Crippen molar-refractivity contribution in [3.8, 4) is 22.9 Å². The smallest absolute Gasteiger partial charge is 0.339 e. The van der Waals surface area contributed by atoms with Crippen molar-refractivity contribution in [1.82, 2.24) is 9.97 Å². The number of carboxylic acid groups (broad SMARTS) is 1. The number of benzene rings is 1. The van der Waals surface area contributed by atoms with E-state index in [1.54, 1.807) is 19.9 Å². The monoisotopic (exact) mass is 260 g/mol. The van der Waals surface area contributed by atoms with Gasteiger partial charge < -0.3 is 15.3 Å². The molecule has 2 rings (SSSR count). The van der Waals surface area contributed by atoms with E-state index in [0.29, 0.717) is 22.8 Å². The zero-order valence-electron chi connectivity index (χ0n) is 10.4. The van der Waals surface area contributed by atoms with Crippen molar-refractivity contribution in [2.75, 3.05) is 0 Å². The molecule has 0 radical (unpaired) electrons. The molecular weight excluding hydrogens is 248 g/mol. The fourth-order valence-corrected chi connectivity index (χ4v) is 1.82. The fraction of sp³-hybridized carbons (Fsp3) is 0.154. The predicted octanol–water partition coefficient (Wildman–Crippen LogP) is 1.87. The lowest BCUT2D eigenvalue weighted by Gasteiger charge is -2.08. The first kappa shape index (κ1) is 12.8. The van der Waals surface area contributed by atoms with Crippen molar-refractivity contribution < 1.29 is 20.1 Å². The molecular formula is C13H12N2O4. The predicted molar refractivity (Wildman–Crippen MR) is 67.2 cm³/mol. The van der Waals surface area contributed by atoms with Gasteiger partial charge in [-0.3, -0.25) is 0 Å². The van der Waals surface area contributed by atoms with Crippen molar-refractivity contribution >= 4 is 5.97 Å². The number of rotatable bonds is 2. The molecule has 0 aliphatic heterocycles. The third-order valence-electron chi connectivity index (χ3n) is 2.72. The molecule has 0 fully saturated rings. The second kappa shape index (κ2) is 4.56. The summed E-state index contributed by atoms with van der Waals surface area (Å²) in [6.45, 7) is 3.17. The van der Waals surface area contributed by atoms with E-state index >= 15 is 0 Å². The van der Waals surface area contributed by atoms with Gasteiger partial charge in [0.25, 0.3) is 0 Å². The number of aromatic hydroxyl groups is 2. The summed E-state index contributed by atoms with van der Waals surface area (Å²) in [4.78, 5) is 19.3. The summed E-state index contributed by atoms with van der Waals surface area (Å²) >= 11 is 0. The summed E-state index contributed by atoms with van der Waals surface area (Å²) in [5.41, 5.74) is 1.27. The maximum atomic E-state index is 11.0. The molecule has 0 aliphatic carbocycles. The average molecular weight is 260 g/mol. The summed E-state index contributed by atoms with van der Waals surface area (Å²) in [6, 6.07) is 4.19. The van der Waals surface area contributed by atoms with E-state index in [1.807, 2.05) is 0 Å². The van der Waals surface area contributed by atoms with E-state index < -0.39 is 5.97 Å². The number of phenolic OH excluding ortho intramolecular Hbond substituents is 2. The van der Waals surface area contributed by atoms with Crippen LogP contribution in [-0.4, -0.2) is 31.3 Å². The number of phenols is 2. The van der Waals surface area contributed by atoms with Crippen LogP contribution >= 0.6 is 0 Å². The largest absolute Gasteiger partial charge is 0.504 e. The van der Waals surface area contributed by atoms with Crippen LogP contribution in [0, 0.1) is 13.8 Å². The lowest BCUT2D eigenvalue weighted by molar-refractivity contribution is 0.0694. The topological polar surface area (TPSA) is 104 Å². The molecule has 0 amide bonds. The zero-order valence-corrected chi connectivity index (χ0v) is 10.4. The molecule has 0 atom stereocenters. The van der Waals surface area contributed by atoms with Gasteiger partial charge in [-0.2, -0.15) is 0 Å². The van der Waals surface area contributed by atoms with Crippen LogP contribution in [0.3, 0.4) is 0 Å². The van der Waals surface area contributed by atoms with Crippen LogP contribution in [0.2, 0.25) is 0 Å². The maximum Gasteiger partial charge on any atom is 0.339 e. The number of aromatic carboxylic acids is 1. The molecule has 0 bridgehead atoms. The van der Waals surface area contributed by atoms with Gasteiger partial charge in [0.2, 0.25) is 0 Å². The Balaban J connectivity index is 2.58. The number of nitrogens with zero attached hydrogens (tertiary/aromatic N) is 2. The molecule has 0 saturated heterocycles. The van der Waals surface area contributed by atoms with Crippen LogP contribution in [0.1, 0.15) is 21.7 Å². The molecule has 1 aromatic carbocycles. The highest BCUT2D eigenvalue weighted by molar-refractivity contribution is 5.90. The van der Waals surface area contributed by atoms with E-state index in [-0.39, 0.29) is 17.1 Å². The molecule has 0 unspecified atom stereocenters. The Kier molecular flexibility index (Phi) is 3.08. The van der Waals surface area contributed by atoms with Gasteiger partial charge in [0, 0.05) is 5.56 Å². The molecule has 3 N–H and O–H groups in total. The van der Waals surface area contributed by atoms with E-state index in [0.717, 1.165) is 0 Å². The van der Waals surface area contributed by atoms with Crippen LogP contribution < -0.4 is 0 Å². The first-order valence-corrected chi connectivity index (χ1v) is 5.51. The minimum absolute atomic E-state index is 0.0757. The summed E-state index contributed by atoms with van der Waals surface area (Å²) in [5, 5.41) is 27.7. The third-order valence-corrected chi connectivity index (χ3v) is 2.72. The van der Waals surface area contributed by atoms with Gasteiger partial charge in [0.15, 0.2) is 17.3 Å². The van der Waals surface area contributed by atoms with Crippen molar-refractivity contribution in [2.45, 2.75) is 13.8 Å². The minimum Gasteiger partial charge on any atom is -0.504 e. The SMILES string of the molecule is Cc1nc(-c2ccc(O)c(O)c2)nc(C)c1C(=O)O. The molecule has 0 spiro atoms. The Hall–Kier alpha value is -2.63. The Morgan fingerprint density at radius 2 is 1.63 bits per heavy atom. The highest BCUT2D eigenvalue weighted by atomic mass is 16.4. The van der Waals surface area contributed by atoms with Crippen LogP contribution in [-0.2, 0) is 0 Å². The summed E-state index contributed by atoms with van der Waals surface area (Å²) in [6.07, 6.45) is 0. The molecule has 2 aromatic rings. The van der Waals surface area contributed by atoms with Gasteiger partial charge in [0.05, 0.1) is 11.4 Å². The number of aryl methyl sites for hydroxylation is 2. The van der Waals surface area contributed by atoms with E-state index in [9.17, 15) is 15.0 Å². The van der Waals surface area contributed by atoms with Gasteiger partial charge in [0.1, 0.15) is 5.56 Å².